The first-order valence-corrected chi connectivity index (χ1v) is 16.8. The molecule has 49 heavy (non-hydrogen) atoms. The molecule has 7 aromatic carbocycles. The monoisotopic (exact) mass is 627 g/mol. The van der Waals surface area contributed by atoms with Gasteiger partial charge in [-0.3, -0.25) is 0 Å². The van der Waals surface area contributed by atoms with Crippen LogP contribution < -0.4 is 0 Å². The average molecular weight is 628 g/mol. The zero-order chi connectivity index (χ0) is 33.0. The lowest BCUT2D eigenvalue weighted by molar-refractivity contribution is 0.660. The molecule has 1 aromatic heterocycles. The van der Waals surface area contributed by atoms with Crippen LogP contribution in [0.4, 0.5) is 0 Å². The normalized spacial score (nSPS) is 12.9. The van der Waals surface area contributed by atoms with Crippen LogP contribution in [0, 0.1) is 0 Å². The molecule has 0 saturated carbocycles. The van der Waals surface area contributed by atoms with Gasteiger partial charge < -0.3 is 0 Å². The highest BCUT2D eigenvalue weighted by molar-refractivity contribution is 6.03. The zero-order valence-electron chi connectivity index (χ0n) is 27.4. The highest BCUT2D eigenvalue weighted by Gasteiger charge is 2.36. The highest BCUT2D eigenvalue weighted by Crippen LogP contribution is 2.52. The van der Waals surface area contributed by atoms with Crippen molar-refractivity contribution >= 4 is 10.8 Å². The lowest BCUT2D eigenvalue weighted by Gasteiger charge is -2.21. The molecule has 3 heteroatoms. The Bertz CT molecular complexity index is 2440. The molecule has 3 nitrogen and oxygen atoms in total. The Morgan fingerprint density at radius 1 is 0.347 bits per heavy atom. The van der Waals surface area contributed by atoms with E-state index < -0.39 is 0 Å². The second kappa shape index (κ2) is 11.5. The number of hydrogen-bond acceptors (Lipinski definition) is 3. The topological polar surface area (TPSA) is 38.7 Å². The van der Waals surface area contributed by atoms with E-state index in [-0.39, 0.29) is 5.41 Å². The predicted molar refractivity (Wildman–Crippen MR) is 202 cm³/mol. The molecule has 0 spiro atoms. The summed E-state index contributed by atoms with van der Waals surface area (Å²) in [5, 5.41) is 2.25. The van der Waals surface area contributed by atoms with Crippen molar-refractivity contribution in [2.75, 3.05) is 0 Å². The third-order valence-corrected chi connectivity index (χ3v) is 9.97. The number of aromatic nitrogens is 3. The minimum Gasteiger partial charge on any atom is -0.208 e. The summed E-state index contributed by atoms with van der Waals surface area (Å²) < 4.78 is 0. The van der Waals surface area contributed by atoms with Crippen molar-refractivity contribution < 1.29 is 0 Å². The lowest BCUT2D eigenvalue weighted by atomic mass is 9.82. The first-order valence-electron chi connectivity index (χ1n) is 16.8. The summed E-state index contributed by atoms with van der Waals surface area (Å²) in [6, 6.07) is 57.8. The minimum absolute atomic E-state index is 0.0381. The fraction of sp³-hybridized carbons (Fsp3) is 0.0652. The summed E-state index contributed by atoms with van der Waals surface area (Å²) in [5.41, 5.74) is 13.0. The molecular weight excluding hydrogens is 595 g/mol. The average Bonchev–Trinajstić information content (AvgIpc) is 3.41. The molecule has 0 amide bonds. The SMILES string of the molecule is CC1(C)c2ccccc2-c2c(-c3ccc(-c4ccc5ccccc5c4-c4nc(-c5ccccc5)nc(-c5ccccc5)n4)cc3)cccc21. The summed E-state index contributed by atoms with van der Waals surface area (Å²) in [5.74, 6) is 1.96. The van der Waals surface area contributed by atoms with Crippen molar-refractivity contribution in [1.82, 2.24) is 15.0 Å². The van der Waals surface area contributed by atoms with Gasteiger partial charge in [0.25, 0.3) is 0 Å². The maximum absolute atomic E-state index is 5.15. The van der Waals surface area contributed by atoms with E-state index in [1.54, 1.807) is 0 Å². The molecule has 9 rings (SSSR count). The van der Waals surface area contributed by atoms with Crippen molar-refractivity contribution in [2.24, 2.45) is 0 Å². The third-order valence-electron chi connectivity index (χ3n) is 9.97. The fourth-order valence-electron chi connectivity index (χ4n) is 7.50. The van der Waals surface area contributed by atoms with Gasteiger partial charge in [0.1, 0.15) is 0 Å². The Labute approximate surface area is 286 Å². The second-order valence-electron chi connectivity index (χ2n) is 13.2. The first-order chi connectivity index (χ1) is 24.1. The first kappa shape index (κ1) is 29.0. The lowest BCUT2D eigenvalue weighted by Crippen LogP contribution is -2.14. The molecule has 0 radical (unpaired) electrons. The van der Waals surface area contributed by atoms with E-state index in [0.29, 0.717) is 17.5 Å². The number of hydrogen-bond donors (Lipinski definition) is 0. The quantitative estimate of drug-likeness (QED) is 0.191. The maximum Gasteiger partial charge on any atom is 0.165 e. The smallest absolute Gasteiger partial charge is 0.165 e. The molecule has 0 atom stereocenters. The molecule has 1 aliphatic rings. The molecule has 0 unspecified atom stereocenters. The molecule has 0 saturated heterocycles. The van der Waals surface area contributed by atoms with E-state index in [0.717, 1.165) is 38.6 Å². The fourth-order valence-corrected chi connectivity index (χ4v) is 7.50. The van der Waals surface area contributed by atoms with Gasteiger partial charge in [-0.15, -0.1) is 0 Å². The van der Waals surface area contributed by atoms with E-state index in [4.69, 9.17) is 15.0 Å². The summed E-state index contributed by atoms with van der Waals surface area (Å²) in [6.07, 6.45) is 0. The van der Waals surface area contributed by atoms with E-state index in [9.17, 15) is 0 Å². The Hall–Kier alpha value is -6.19. The van der Waals surface area contributed by atoms with Gasteiger partial charge in [0.2, 0.25) is 0 Å². The number of fused-ring (bicyclic) bond motifs is 4. The Kier molecular flexibility index (Phi) is 6.80. The molecule has 232 valence electrons. The van der Waals surface area contributed by atoms with E-state index >= 15 is 0 Å². The highest BCUT2D eigenvalue weighted by atomic mass is 15.0. The van der Waals surface area contributed by atoms with Crippen LogP contribution >= 0.6 is 0 Å². The van der Waals surface area contributed by atoms with Gasteiger partial charge in [0.15, 0.2) is 17.5 Å². The number of nitrogens with zero attached hydrogens (tertiary/aromatic N) is 3. The summed E-state index contributed by atoms with van der Waals surface area (Å²) in [7, 11) is 0. The zero-order valence-corrected chi connectivity index (χ0v) is 27.4. The molecular formula is C46H33N3. The number of rotatable bonds is 5. The molecule has 0 bridgehead atoms. The van der Waals surface area contributed by atoms with Gasteiger partial charge in [-0.05, 0) is 55.3 Å². The van der Waals surface area contributed by atoms with Gasteiger partial charge in [-0.25, -0.2) is 15.0 Å². The van der Waals surface area contributed by atoms with E-state index in [1.165, 1.54) is 33.4 Å². The van der Waals surface area contributed by atoms with Gasteiger partial charge >= 0.3 is 0 Å². The van der Waals surface area contributed by atoms with Crippen molar-refractivity contribution in [3.05, 3.63) is 175 Å². The van der Waals surface area contributed by atoms with Crippen LogP contribution in [0.5, 0.6) is 0 Å². The van der Waals surface area contributed by atoms with Crippen LogP contribution in [0.15, 0.2) is 164 Å². The van der Waals surface area contributed by atoms with Crippen molar-refractivity contribution in [3.8, 4) is 67.5 Å². The van der Waals surface area contributed by atoms with Crippen molar-refractivity contribution in [1.29, 1.82) is 0 Å². The van der Waals surface area contributed by atoms with Gasteiger partial charge in [0, 0.05) is 22.1 Å². The third kappa shape index (κ3) is 4.86. The molecule has 0 fully saturated rings. The molecule has 0 aliphatic heterocycles. The van der Waals surface area contributed by atoms with Gasteiger partial charge in [-0.1, -0.05) is 178 Å². The van der Waals surface area contributed by atoms with Crippen LogP contribution in [0.25, 0.3) is 78.3 Å². The Morgan fingerprint density at radius 2 is 0.857 bits per heavy atom. The molecule has 8 aromatic rings. The van der Waals surface area contributed by atoms with Crippen molar-refractivity contribution in [3.63, 3.8) is 0 Å². The van der Waals surface area contributed by atoms with E-state index in [1.807, 2.05) is 36.4 Å². The number of benzene rings is 7. The predicted octanol–water partition coefficient (Wildman–Crippen LogP) is 11.7. The second-order valence-corrected chi connectivity index (χ2v) is 13.2. The van der Waals surface area contributed by atoms with Crippen molar-refractivity contribution in [2.45, 2.75) is 19.3 Å². The molecule has 0 N–H and O–H groups in total. The van der Waals surface area contributed by atoms with Crippen LogP contribution in [0.1, 0.15) is 25.0 Å². The van der Waals surface area contributed by atoms with Crippen LogP contribution in [0.3, 0.4) is 0 Å². The van der Waals surface area contributed by atoms with Crippen LogP contribution in [-0.2, 0) is 5.41 Å². The largest absolute Gasteiger partial charge is 0.208 e. The summed E-state index contributed by atoms with van der Waals surface area (Å²) >= 11 is 0. The maximum atomic E-state index is 5.15. The molecule has 1 heterocycles. The van der Waals surface area contributed by atoms with Crippen LogP contribution in [-0.4, -0.2) is 15.0 Å². The minimum atomic E-state index is -0.0381. The Balaban J connectivity index is 1.22. The Morgan fingerprint density at radius 3 is 1.53 bits per heavy atom. The van der Waals surface area contributed by atoms with E-state index in [2.05, 4.69) is 141 Å². The standard InChI is InChI=1S/C46H33N3/c1-46(2)39-22-12-11-20-38(39)41-35(21-13-23-40(41)46)31-24-26-32(27-25-31)37-29-28-30-14-9-10-19-36(30)42(37)45-48-43(33-15-5-3-6-16-33)47-44(49-45)34-17-7-4-8-18-34/h3-29H,1-2H3. The summed E-state index contributed by atoms with van der Waals surface area (Å²) in [6.45, 7) is 4.67. The van der Waals surface area contributed by atoms with Gasteiger partial charge in [-0.2, -0.15) is 0 Å². The van der Waals surface area contributed by atoms with Crippen LogP contribution in [0.2, 0.25) is 0 Å². The van der Waals surface area contributed by atoms with Gasteiger partial charge in [0.05, 0.1) is 0 Å². The summed E-state index contributed by atoms with van der Waals surface area (Å²) in [4.78, 5) is 15.3. The molecule has 1 aliphatic carbocycles.